The number of rotatable bonds is 62. The third-order valence-electron chi connectivity index (χ3n) is 15.6. The van der Waals surface area contributed by atoms with E-state index in [9.17, 15) is 19.8 Å². The number of aliphatic hydroxyl groups excluding tert-OH is 2. The Hall–Kier alpha value is -1.40. The van der Waals surface area contributed by atoms with E-state index in [1.165, 1.54) is 302 Å². The summed E-state index contributed by atoms with van der Waals surface area (Å²) < 4.78 is 5.50. The van der Waals surface area contributed by atoms with E-state index in [2.05, 4.69) is 31.3 Å². The molecule has 3 N–H and O–H groups in total. The third-order valence-corrected chi connectivity index (χ3v) is 15.6. The zero-order valence-corrected chi connectivity index (χ0v) is 48.9. The fourth-order valence-electron chi connectivity index (χ4n) is 10.5. The largest absolute Gasteiger partial charge is 0.466 e. The van der Waals surface area contributed by atoms with Gasteiger partial charge in [0.15, 0.2) is 0 Å². The summed E-state index contributed by atoms with van der Waals surface area (Å²) in [6.45, 7) is 4.98. The minimum absolute atomic E-state index is 0.0177. The molecule has 6 heteroatoms. The molecule has 2 atom stereocenters. The molecule has 0 bridgehead atoms. The van der Waals surface area contributed by atoms with Crippen molar-refractivity contribution in [2.75, 3.05) is 13.2 Å². The molecule has 0 aromatic rings. The molecule has 0 aromatic heterocycles. The second-order valence-electron chi connectivity index (χ2n) is 22.8. The number of allylic oxidation sites excluding steroid dienone is 2. The van der Waals surface area contributed by atoms with Gasteiger partial charge >= 0.3 is 5.97 Å². The maximum atomic E-state index is 12.5. The van der Waals surface area contributed by atoms with Gasteiger partial charge in [-0.2, -0.15) is 0 Å². The van der Waals surface area contributed by atoms with Crippen LogP contribution in [0.25, 0.3) is 0 Å². The lowest BCUT2D eigenvalue weighted by Gasteiger charge is -2.22. The van der Waals surface area contributed by atoms with Crippen molar-refractivity contribution in [3.63, 3.8) is 0 Å². The molecule has 0 rings (SSSR count). The Balaban J connectivity index is 3.37. The number of carbonyl (C=O) groups is 2. The van der Waals surface area contributed by atoms with Crippen molar-refractivity contribution < 1.29 is 24.5 Å². The van der Waals surface area contributed by atoms with Gasteiger partial charge in [0.05, 0.1) is 25.4 Å². The quantitative estimate of drug-likeness (QED) is 0.0320. The average Bonchev–Trinajstić information content (AvgIpc) is 3.38. The minimum atomic E-state index is -0.665. The maximum absolute atomic E-state index is 12.5. The van der Waals surface area contributed by atoms with Gasteiger partial charge in [-0.05, 0) is 51.4 Å². The number of aliphatic hydroxyl groups is 2. The highest BCUT2D eigenvalue weighted by Crippen LogP contribution is 2.18. The Morgan fingerprint density at radius 1 is 0.375 bits per heavy atom. The van der Waals surface area contributed by atoms with Crippen LogP contribution in [-0.4, -0.2) is 47.4 Å². The summed E-state index contributed by atoms with van der Waals surface area (Å²) in [7, 11) is 0. The molecule has 0 aliphatic carbocycles. The first-order valence-corrected chi connectivity index (χ1v) is 32.9. The van der Waals surface area contributed by atoms with Crippen molar-refractivity contribution in [2.45, 2.75) is 386 Å². The van der Waals surface area contributed by atoms with Crippen LogP contribution < -0.4 is 5.32 Å². The van der Waals surface area contributed by atoms with Crippen molar-refractivity contribution in [3.05, 3.63) is 12.2 Å². The predicted octanol–water partition coefficient (Wildman–Crippen LogP) is 20.8. The highest BCUT2D eigenvalue weighted by molar-refractivity contribution is 5.76. The lowest BCUT2D eigenvalue weighted by atomic mass is 10.0. The fourth-order valence-corrected chi connectivity index (χ4v) is 10.5. The predicted molar refractivity (Wildman–Crippen MR) is 315 cm³/mol. The van der Waals surface area contributed by atoms with Gasteiger partial charge in [0.2, 0.25) is 5.91 Å². The Morgan fingerprint density at radius 2 is 0.653 bits per heavy atom. The number of amides is 1. The first-order valence-electron chi connectivity index (χ1n) is 32.9. The van der Waals surface area contributed by atoms with Crippen molar-refractivity contribution in [1.29, 1.82) is 0 Å². The van der Waals surface area contributed by atoms with E-state index in [0.29, 0.717) is 25.9 Å². The molecule has 0 aliphatic heterocycles. The first kappa shape index (κ1) is 70.6. The Kier molecular flexibility index (Phi) is 60.9. The van der Waals surface area contributed by atoms with E-state index >= 15 is 0 Å². The summed E-state index contributed by atoms with van der Waals surface area (Å²) >= 11 is 0. The van der Waals surface area contributed by atoms with Crippen LogP contribution in [0.15, 0.2) is 12.2 Å². The monoisotopic (exact) mass is 1020 g/mol. The number of unbranched alkanes of at least 4 members (excludes halogenated alkanes) is 49. The topological polar surface area (TPSA) is 95.9 Å². The number of ether oxygens (including phenoxy) is 1. The zero-order chi connectivity index (χ0) is 52.2. The van der Waals surface area contributed by atoms with E-state index in [1.807, 2.05) is 0 Å². The number of carbonyl (C=O) groups excluding carboxylic acids is 2. The molecular formula is C66H129NO5. The van der Waals surface area contributed by atoms with Crippen LogP contribution >= 0.6 is 0 Å². The first-order chi connectivity index (χ1) is 35.5. The van der Waals surface area contributed by atoms with Crippen LogP contribution in [0.4, 0.5) is 0 Å². The summed E-state index contributed by atoms with van der Waals surface area (Å²) in [4.78, 5) is 24.6. The molecule has 428 valence electrons. The summed E-state index contributed by atoms with van der Waals surface area (Å²) in [5.41, 5.74) is 0. The van der Waals surface area contributed by atoms with Crippen LogP contribution in [0.5, 0.6) is 0 Å². The second-order valence-corrected chi connectivity index (χ2v) is 22.8. The van der Waals surface area contributed by atoms with E-state index in [1.54, 1.807) is 0 Å². The smallest absolute Gasteiger partial charge is 0.305 e. The molecule has 0 fully saturated rings. The molecule has 72 heavy (non-hydrogen) atoms. The van der Waals surface area contributed by atoms with Gasteiger partial charge in [0.1, 0.15) is 0 Å². The van der Waals surface area contributed by atoms with E-state index in [0.717, 1.165) is 38.5 Å². The average molecular weight is 1020 g/mol. The standard InChI is InChI=1S/C66H129NO5/c1-3-5-7-9-11-13-15-17-19-32-36-40-44-48-52-56-60-66(71)72-61-57-53-49-45-41-37-33-30-28-26-24-22-20-21-23-25-27-29-31-35-39-43-47-51-55-59-65(70)67-63(62-68)64(69)58-54-50-46-42-38-34-18-16-14-12-10-8-6-4-2/h21,23,63-64,68-69H,3-20,22,24-62H2,1-2H3,(H,67,70)/b23-21-. The molecule has 0 aliphatic rings. The highest BCUT2D eigenvalue weighted by atomic mass is 16.5. The molecule has 0 spiro atoms. The molecule has 1 amide bonds. The number of esters is 1. The number of hydrogen-bond donors (Lipinski definition) is 3. The summed E-state index contributed by atoms with van der Waals surface area (Å²) in [5.74, 6) is -0.0179. The Labute approximate surface area is 450 Å². The van der Waals surface area contributed by atoms with Gasteiger partial charge < -0.3 is 20.3 Å². The minimum Gasteiger partial charge on any atom is -0.466 e. The number of hydrogen-bond acceptors (Lipinski definition) is 5. The van der Waals surface area contributed by atoms with Crippen molar-refractivity contribution >= 4 is 11.9 Å². The van der Waals surface area contributed by atoms with Crippen LogP contribution in [0.1, 0.15) is 373 Å². The zero-order valence-electron chi connectivity index (χ0n) is 48.9. The van der Waals surface area contributed by atoms with Gasteiger partial charge in [0, 0.05) is 12.8 Å². The van der Waals surface area contributed by atoms with Crippen molar-refractivity contribution in [1.82, 2.24) is 5.32 Å². The molecular weight excluding hydrogens is 887 g/mol. The van der Waals surface area contributed by atoms with E-state index in [4.69, 9.17) is 4.74 Å². The van der Waals surface area contributed by atoms with Crippen LogP contribution in [0.2, 0.25) is 0 Å². The van der Waals surface area contributed by atoms with Gasteiger partial charge in [-0.25, -0.2) is 0 Å². The third kappa shape index (κ3) is 57.9. The van der Waals surface area contributed by atoms with Crippen LogP contribution in [0.3, 0.4) is 0 Å². The van der Waals surface area contributed by atoms with Crippen molar-refractivity contribution in [3.8, 4) is 0 Å². The lowest BCUT2D eigenvalue weighted by Crippen LogP contribution is -2.45. The fraction of sp³-hybridized carbons (Fsp3) is 0.939. The molecule has 0 saturated heterocycles. The molecule has 2 unspecified atom stereocenters. The van der Waals surface area contributed by atoms with Gasteiger partial charge in [-0.15, -0.1) is 0 Å². The van der Waals surface area contributed by atoms with E-state index in [-0.39, 0.29) is 18.5 Å². The molecule has 6 nitrogen and oxygen atoms in total. The molecule has 0 saturated carbocycles. The molecule has 0 aromatic carbocycles. The lowest BCUT2D eigenvalue weighted by molar-refractivity contribution is -0.143. The molecule has 0 radical (unpaired) electrons. The SMILES string of the molecule is CCCCCCCCCCCCCCCCCCC(=O)OCCCCCCCCCCCCCC/C=C\CCCCCCCCCCCC(=O)NC(CO)C(O)CCCCCCCCCCCCCCCC. The Bertz CT molecular complexity index is 1080. The van der Waals surface area contributed by atoms with Gasteiger partial charge in [-0.3, -0.25) is 9.59 Å². The maximum Gasteiger partial charge on any atom is 0.305 e. The normalized spacial score (nSPS) is 12.6. The highest BCUT2D eigenvalue weighted by Gasteiger charge is 2.20. The second kappa shape index (κ2) is 62.1. The van der Waals surface area contributed by atoms with Crippen LogP contribution in [-0.2, 0) is 14.3 Å². The molecule has 0 heterocycles. The van der Waals surface area contributed by atoms with Gasteiger partial charge in [0.25, 0.3) is 0 Å². The van der Waals surface area contributed by atoms with Crippen LogP contribution in [0, 0.1) is 0 Å². The number of nitrogens with one attached hydrogen (secondary N) is 1. The summed E-state index contributed by atoms with van der Waals surface area (Å²) in [6, 6.07) is -0.542. The van der Waals surface area contributed by atoms with Crippen molar-refractivity contribution in [2.24, 2.45) is 0 Å². The summed E-state index contributed by atoms with van der Waals surface area (Å²) in [6.07, 6.45) is 75.2. The van der Waals surface area contributed by atoms with Gasteiger partial charge in [-0.1, -0.05) is 321 Å². The summed E-state index contributed by atoms with van der Waals surface area (Å²) in [5, 5.41) is 23.3. The Morgan fingerprint density at radius 3 is 0.986 bits per heavy atom. The van der Waals surface area contributed by atoms with E-state index < -0.39 is 12.1 Å².